The fourth-order valence-corrected chi connectivity index (χ4v) is 3.89. The van der Waals surface area contributed by atoms with Crippen LogP contribution in [0.1, 0.15) is 22.0 Å². The molecule has 1 amide bonds. The molecule has 11 heteroatoms. The van der Waals surface area contributed by atoms with E-state index in [1.165, 1.54) is 41.8 Å². The highest BCUT2D eigenvalue weighted by atomic mass is 32.1. The smallest absolute Gasteiger partial charge is 0.269 e. The number of rotatable bonds is 7. The standard InChI is InChI=1S/C20H17N5O5S/c26-11-15(18(27)12-3-5-13(6-4-12)25(29)30)23-20(28)14-10-22-24-16(7-8-21-19(14)24)17-2-1-9-31-17/h1-10,15,18,26-27H,11H2,(H,23,28). The van der Waals surface area contributed by atoms with Gasteiger partial charge >= 0.3 is 0 Å². The number of aliphatic hydroxyl groups is 2. The van der Waals surface area contributed by atoms with Crippen molar-refractivity contribution in [3.05, 3.63) is 81.5 Å². The highest BCUT2D eigenvalue weighted by molar-refractivity contribution is 7.13. The third-order valence-electron chi connectivity index (χ3n) is 4.76. The predicted molar refractivity (Wildman–Crippen MR) is 113 cm³/mol. The zero-order valence-corrected chi connectivity index (χ0v) is 16.8. The number of nitro benzene ring substituents is 1. The number of carbonyl (C=O) groups is 1. The van der Waals surface area contributed by atoms with Gasteiger partial charge in [0.25, 0.3) is 11.6 Å². The minimum atomic E-state index is -1.27. The molecule has 0 spiro atoms. The molecule has 3 N–H and O–H groups in total. The van der Waals surface area contributed by atoms with Crippen LogP contribution in [0, 0.1) is 10.1 Å². The van der Waals surface area contributed by atoms with E-state index in [0.29, 0.717) is 11.2 Å². The van der Waals surface area contributed by atoms with Gasteiger partial charge in [0.2, 0.25) is 0 Å². The summed E-state index contributed by atoms with van der Waals surface area (Å²) in [6.07, 6.45) is 1.69. The summed E-state index contributed by atoms with van der Waals surface area (Å²) in [5.74, 6) is -0.564. The largest absolute Gasteiger partial charge is 0.394 e. The Morgan fingerprint density at radius 3 is 2.68 bits per heavy atom. The minimum absolute atomic E-state index is 0.125. The van der Waals surface area contributed by atoms with Gasteiger partial charge in [-0.05, 0) is 35.2 Å². The first kappa shape index (κ1) is 20.6. The van der Waals surface area contributed by atoms with Crippen LogP contribution in [0.2, 0.25) is 0 Å². The molecule has 10 nitrogen and oxygen atoms in total. The van der Waals surface area contributed by atoms with Crippen molar-refractivity contribution in [3.8, 4) is 10.6 Å². The molecule has 3 heterocycles. The van der Waals surface area contributed by atoms with Crippen molar-refractivity contribution in [1.82, 2.24) is 19.9 Å². The number of aliphatic hydroxyl groups excluding tert-OH is 2. The maximum Gasteiger partial charge on any atom is 0.269 e. The van der Waals surface area contributed by atoms with Crippen LogP contribution in [0.25, 0.3) is 16.2 Å². The monoisotopic (exact) mass is 439 g/mol. The topological polar surface area (TPSA) is 143 Å². The lowest BCUT2D eigenvalue weighted by Crippen LogP contribution is -2.42. The van der Waals surface area contributed by atoms with Crippen LogP contribution >= 0.6 is 11.3 Å². The van der Waals surface area contributed by atoms with Crippen LogP contribution in [0.15, 0.2) is 60.2 Å². The maximum absolute atomic E-state index is 12.9. The molecule has 0 radical (unpaired) electrons. The highest BCUT2D eigenvalue weighted by Gasteiger charge is 2.25. The molecule has 2 unspecified atom stereocenters. The first-order valence-electron chi connectivity index (χ1n) is 9.20. The van der Waals surface area contributed by atoms with Crippen LogP contribution in [0.3, 0.4) is 0 Å². The Balaban J connectivity index is 1.57. The summed E-state index contributed by atoms with van der Waals surface area (Å²) in [7, 11) is 0. The van der Waals surface area contributed by atoms with Gasteiger partial charge in [-0.25, -0.2) is 9.50 Å². The normalized spacial score (nSPS) is 13.1. The third-order valence-corrected chi connectivity index (χ3v) is 5.65. The first-order valence-corrected chi connectivity index (χ1v) is 10.1. The zero-order chi connectivity index (χ0) is 22.0. The van der Waals surface area contributed by atoms with Crippen molar-refractivity contribution >= 4 is 28.6 Å². The summed E-state index contributed by atoms with van der Waals surface area (Å²) >= 11 is 1.53. The maximum atomic E-state index is 12.9. The molecule has 31 heavy (non-hydrogen) atoms. The number of benzene rings is 1. The second-order valence-electron chi connectivity index (χ2n) is 6.66. The predicted octanol–water partition coefficient (Wildman–Crippen LogP) is 2.19. The number of aromatic nitrogens is 3. The van der Waals surface area contributed by atoms with E-state index in [1.807, 2.05) is 17.5 Å². The van der Waals surface area contributed by atoms with Gasteiger partial charge in [-0.15, -0.1) is 11.3 Å². The van der Waals surface area contributed by atoms with Crippen molar-refractivity contribution in [2.75, 3.05) is 6.61 Å². The Kier molecular flexibility index (Phi) is 5.71. The average Bonchev–Trinajstić information content (AvgIpc) is 3.47. The van der Waals surface area contributed by atoms with Crippen molar-refractivity contribution in [2.45, 2.75) is 12.1 Å². The first-order chi connectivity index (χ1) is 15.0. The van der Waals surface area contributed by atoms with Gasteiger partial charge in [0.05, 0.1) is 34.3 Å². The second kappa shape index (κ2) is 8.60. The third kappa shape index (κ3) is 4.01. The summed E-state index contributed by atoms with van der Waals surface area (Å²) in [4.78, 5) is 28.3. The van der Waals surface area contributed by atoms with Crippen molar-refractivity contribution in [2.24, 2.45) is 0 Å². The van der Waals surface area contributed by atoms with Crippen LogP contribution in [-0.4, -0.2) is 48.3 Å². The fourth-order valence-electron chi connectivity index (χ4n) is 3.16. The van der Waals surface area contributed by atoms with E-state index in [-0.39, 0.29) is 11.3 Å². The van der Waals surface area contributed by atoms with Gasteiger partial charge in [0.1, 0.15) is 11.7 Å². The Hall–Kier alpha value is -3.67. The summed E-state index contributed by atoms with van der Waals surface area (Å²) in [5.41, 5.74) is 1.50. The van der Waals surface area contributed by atoms with Crippen molar-refractivity contribution in [1.29, 1.82) is 0 Å². The fraction of sp³-hybridized carbons (Fsp3) is 0.150. The molecular weight excluding hydrogens is 422 g/mol. The Morgan fingerprint density at radius 2 is 2.03 bits per heavy atom. The number of nitro groups is 1. The molecule has 0 aliphatic rings. The van der Waals surface area contributed by atoms with E-state index in [9.17, 15) is 25.1 Å². The van der Waals surface area contributed by atoms with Crippen LogP contribution in [0.4, 0.5) is 5.69 Å². The van der Waals surface area contributed by atoms with E-state index in [4.69, 9.17) is 0 Å². The Labute approximate surface area is 179 Å². The molecule has 3 aromatic heterocycles. The van der Waals surface area contributed by atoms with Gasteiger partial charge in [-0.3, -0.25) is 14.9 Å². The molecule has 4 aromatic rings. The van der Waals surface area contributed by atoms with Crippen molar-refractivity contribution in [3.63, 3.8) is 0 Å². The van der Waals surface area contributed by atoms with Gasteiger partial charge in [-0.2, -0.15) is 5.10 Å². The summed E-state index contributed by atoms with van der Waals surface area (Å²) in [6, 6.07) is 9.85. The summed E-state index contributed by atoms with van der Waals surface area (Å²) in [5, 5.41) is 39.8. The molecule has 0 aliphatic carbocycles. The van der Waals surface area contributed by atoms with E-state index in [1.54, 1.807) is 16.8 Å². The highest BCUT2D eigenvalue weighted by Crippen LogP contribution is 2.26. The minimum Gasteiger partial charge on any atom is -0.394 e. The molecule has 4 rings (SSSR count). The number of non-ortho nitro benzene ring substituents is 1. The van der Waals surface area contributed by atoms with Gasteiger partial charge in [0.15, 0.2) is 5.65 Å². The zero-order valence-electron chi connectivity index (χ0n) is 16.0. The number of nitrogens with zero attached hydrogens (tertiary/aromatic N) is 4. The van der Waals surface area contributed by atoms with Crippen LogP contribution in [-0.2, 0) is 0 Å². The molecule has 0 saturated heterocycles. The molecule has 0 fully saturated rings. The molecular formula is C20H17N5O5S. The lowest BCUT2D eigenvalue weighted by Gasteiger charge is -2.22. The number of amides is 1. The Morgan fingerprint density at radius 1 is 1.26 bits per heavy atom. The van der Waals surface area contributed by atoms with Crippen LogP contribution < -0.4 is 5.32 Å². The lowest BCUT2D eigenvalue weighted by atomic mass is 10.0. The van der Waals surface area contributed by atoms with E-state index in [2.05, 4.69) is 15.4 Å². The second-order valence-corrected chi connectivity index (χ2v) is 7.60. The molecule has 1 aromatic carbocycles. The van der Waals surface area contributed by atoms with E-state index < -0.39 is 29.6 Å². The molecule has 2 atom stereocenters. The quantitative estimate of drug-likeness (QED) is 0.296. The number of nitrogens with one attached hydrogen (secondary N) is 1. The van der Waals surface area contributed by atoms with Gasteiger partial charge in [-0.1, -0.05) is 6.07 Å². The van der Waals surface area contributed by atoms with Gasteiger partial charge < -0.3 is 15.5 Å². The lowest BCUT2D eigenvalue weighted by molar-refractivity contribution is -0.384. The summed E-state index contributed by atoms with van der Waals surface area (Å²) < 4.78 is 1.56. The number of fused-ring (bicyclic) bond motifs is 1. The summed E-state index contributed by atoms with van der Waals surface area (Å²) in [6.45, 7) is -0.545. The molecule has 0 saturated carbocycles. The molecule has 158 valence electrons. The molecule has 0 bridgehead atoms. The average molecular weight is 439 g/mol. The van der Waals surface area contributed by atoms with Gasteiger partial charge in [0, 0.05) is 18.3 Å². The van der Waals surface area contributed by atoms with Crippen LogP contribution in [0.5, 0.6) is 0 Å². The molecule has 0 aliphatic heterocycles. The van der Waals surface area contributed by atoms with E-state index in [0.717, 1.165) is 10.6 Å². The van der Waals surface area contributed by atoms with E-state index >= 15 is 0 Å². The number of hydrogen-bond donors (Lipinski definition) is 3. The number of carbonyl (C=O) groups excluding carboxylic acids is 1. The SMILES string of the molecule is O=C(NC(CO)C(O)c1ccc([N+](=O)[O-])cc1)c1cnn2c(-c3cccs3)ccnc12. The Bertz CT molecular complexity index is 1220. The number of thiophene rings is 1. The number of hydrogen-bond acceptors (Lipinski definition) is 8. The van der Waals surface area contributed by atoms with Crippen molar-refractivity contribution < 1.29 is 19.9 Å².